The third-order valence-electron chi connectivity index (χ3n) is 3.70. The Labute approximate surface area is 126 Å². The molecule has 0 radical (unpaired) electrons. The Bertz CT molecular complexity index is 619. The third-order valence-corrected chi connectivity index (χ3v) is 5.63. The first kappa shape index (κ1) is 16.0. The lowest BCUT2D eigenvalue weighted by molar-refractivity contribution is -0.0230. The predicted molar refractivity (Wildman–Crippen MR) is 79.1 cm³/mol. The van der Waals surface area contributed by atoms with Crippen LogP contribution in [0.4, 0.5) is 0 Å². The maximum atomic E-state index is 12.8. The van der Waals surface area contributed by atoms with Gasteiger partial charge in [0.2, 0.25) is 10.0 Å². The van der Waals surface area contributed by atoms with Crippen LogP contribution in [0.1, 0.15) is 25.8 Å². The van der Waals surface area contributed by atoms with E-state index in [1.54, 1.807) is 28.6 Å². The van der Waals surface area contributed by atoms with Crippen LogP contribution in [0.15, 0.2) is 29.2 Å². The molecule has 1 heterocycles. The Kier molecular flexibility index (Phi) is 4.99. The van der Waals surface area contributed by atoms with E-state index < -0.39 is 10.0 Å². The van der Waals surface area contributed by atoms with Crippen molar-refractivity contribution in [2.24, 2.45) is 0 Å². The number of nitriles is 1. The minimum absolute atomic E-state index is 0.0968. The second kappa shape index (κ2) is 6.56. The van der Waals surface area contributed by atoms with Gasteiger partial charge in [0.05, 0.1) is 30.1 Å². The molecule has 6 heteroatoms. The predicted octanol–water partition coefficient (Wildman–Crippen LogP) is 1.94. The molecule has 21 heavy (non-hydrogen) atoms. The summed E-state index contributed by atoms with van der Waals surface area (Å²) in [5, 5.41) is 8.66. The van der Waals surface area contributed by atoms with Crippen LogP contribution < -0.4 is 0 Å². The molecule has 1 aromatic rings. The summed E-state index contributed by atoms with van der Waals surface area (Å²) in [6, 6.07) is 8.48. The van der Waals surface area contributed by atoms with E-state index in [9.17, 15) is 8.42 Å². The molecule has 0 spiro atoms. The second-order valence-electron chi connectivity index (χ2n) is 5.26. The first-order valence-corrected chi connectivity index (χ1v) is 8.52. The quantitative estimate of drug-likeness (QED) is 0.852. The lowest BCUT2D eigenvalue weighted by Crippen LogP contribution is -2.51. The van der Waals surface area contributed by atoms with Gasteiger partial charge in [-0.3, -0.25) is 0 Å². The summed E-state index contributed by atoms with van der Waals surface area (Å²) in [5.41, 5.74) is 0.818. The maximum absolute atomic E-state index is 12.8. The molecule has 2 unspecified atom stereocenters. The highest BCUT2D eigenvalue weighted by Gasteiger charge is 2.35. The van der Waals surface area contributed by atoms with Gasteiger partial charge in [-0.25, -0.2) is 8.42 Å². The molecule has 114 valence electrons. The van der Waals surface area contributed by atoms with E-state index in [-0.39, 0.29) is 23.5 Å². The molecule has 2 atom stereocenters. The molecule has 1 aliphatic heterocycles. The van der Waals surface area contributed by atoms with E-state index in [1.165, 1.54) is 0 Å². The van der Waals surface area contributed by atoms with Gasteiger partial charge in [-0.05, 0) is 31.0 Å². The molecule has 0 amide bonds. The highest BCUT2D eigenvalue weighted by Crippen LogP contribution is 2.24. The van der Waals surface area contributed by atoms with Gasteiger partial charge in [0.15, 0.2) is 0 Å². The fraction of sp³-hybridized carbons (Fsp3) is 0.533. The zero-order valence-electron chi connectivity index (χ0n) is 12.3. The van der Waals surface area contributed by atoms with Gasteiger partial charge >= 0.3 is 0 Å². The molecule has 5 nitrogen and oxygen atoms in total. The fourth-order valence-electron chi connectivity index (χ4n) is 2.44. The van der Waals surface area contributed by atoms with Crippen molar-refractivity contribution in [2.75, 3.05) is 13.2 Å². The third kappa shape index (κ3) is 3.43. The number of hydrogen-bond donors (Lipinski definition) is 0. The Balaban J connectivity index is 2.29. The number of rotatable bonds is 4. The van der Waals surface area contributed by atoms with Gasteiger partial charge in [-0.2, -0.15) is 9.57 Å². The average Bonchev–Trinajstić information content (AvgIpc) is 2.48. The van der Waals surface area contributed by atoms with Crippen molar-refractivity contribution in [3.63, 3.8) is 0 Å². The monoisotopic (exact) mass is 308 g/mol. The van der Waals surface area contributed by atoms with Crippen molar-refractivity contribution in [2.45, 2.75) is 43.7 Å². The standard InChI is InChI=1S/C15H20N2O3S/c1-3-14-11-20-12(2)10-17(14)21(18,19)15-6-4-13(5-7-15)8-9-16/h4-7,12,14H,3,8,10-11H2,1-2H3. The molecular weight excluding hydrogens is 288 g/mol. The largest absolute Gasteiger partial charge is 0.375 e. The smallest absolute Gasteiger partial charge is 0.243 e. The molecule has 2 rings (SSSR count). The van der Waals surface area contributed by atoms with Crippen molar-refractivity contribution in [3.05, 3.63) is 29.8 Å². The first-order valence-electron chi connectivity index (χ1n) is 7.08. The van der Waals surface area contributed by atoms with E-state index in [0.29, 0.717) is 13.2 Å². The summed E-state index contributed by atoms with van der Waals surface area (Å²) in [6.45, 7) is 4.65. The van der Waals surface area contributed by atoms with E-state index in [1.807, 2.05) is 13.8 Å². The number of ether oxygens (including phenoxy) is 1. The van der Waals surface area contributed by atoms with E-state index in [0.717, 1.165) is 12.0 Å². The number of nitrogens with zero attached hydrogens (tertiary/aromatic N) is 2. The Morgan fingerprint density at radius 3 is 2.62 bits per heavy atom. The summed E-state index contributed by atoms with van der Waals surface area (Å²) in [5.74, 6) is 0. The first-order chi connectivity index (χ1) is 9.98. The molecule has 1 saturated heterocycles. The van der Waals surface area contributed by atoms with Crippen LogP contribution in [0.3, 0.4) is 0 Å². The minimum Gasteiger partial charge on any atom is -0.375 e. The number of sulfonamides is 1. The molecule has 0 saturated carbocycles. The lowest BCUT2D eigenvalue weighted by Gasteiger charge is -2.37. The van der Waals surface area contributed by atoms with E-state index in [2.05, 4.69) is 6.07 Å². The molecule has 1 fully saturated rings. The van der Waals surface area contributed by atoms with Gasteiger partial charge in [0.25, 0.3) is 0 Å². The highest BCUT2D eigenvalue weighted by molar-refractivity contribution is 7.89. The average molecular weight is 308 g/mol. The van der Waals surface area contributed by atoms with E-state index in [4.69, 9.17) is 10.00 Å². The van der Waals surface area contributed by atoms with Crippen molar-refractivity contribution in [1.29, 1.82) is 5.26 Å². The zero-order valence-corrected chi connectivity index (χ0v) is 13.1. The molecule has 0 aromatic heterocycles. The van der Waals surface area contributed by atoms with Crippen molar-refractivity contribution in [1.82, 2.24) is 4.31 Å². The Morgan fingerprint density at radius 2 is 2.05 bits per heavy atom. The maximum Gasteiger partial charge on any atom is 0.243 e. The topological polar surface area (TPSA) is 70.4 Å². The molecule has 1 aliphatic rings. The number of benzene rings is 1. The molecule has 1 aromatic carbocycles. The Morgan fingerprint density at radius 1 is 1.38 bits per heavy atom. The normalized spacial score (nSPS) is 23.7. The summed E-state index contributed by atoms with van der Waals surface area (Å²) in [4.78, 5) is 0.275. The van der Waals surface area contributed by atoms with Crippen LogP contribution >= 0.6 is 0 Å². The van der Waals surface area contributed by atoms with Gasteiger partial charge in [0, 0.05) is 12.6 Å². The van der Waals surface area contributed by atoms with Crippen LogP contribution in [-0.2, 0) is 21.2 Å². The van der Waals surface area contributed by atoms with Gasteiger partial charge in [0.1, 0.15) is 0 Å². The summed E-state index contributed by atoms with van der Waals surface area (Å²) < 4.78 is 32.6. The highest BCUT2D eigenvalue weighted by atomic mass is 32.2. The molecular formula is C15H20N2O3S. The van der Waals surface area contributed by atoms with Crippen molar-refractivity contribution >= 4 is 10.0 Å². The second-order valence-corrected chi connectivity index (χ2v) is 7.15. The zero-order chi connectivity index (χ0) is 15.5. The minimum atomic E-state index is -3.52. The van der Waals surface area contributed by atoms with Crippen LogP contribution in [0.2, 0.25) is 0 Å². The van der Waals surface area contributed by atoms with Crippen molar-refractivity contribution in [3.8, 4) is 6.07 Å². The Hall–Kier alpha value is -1.42. The number of hydrogen-bond acceptors (Lipinski definition) is 4. The van der Waals surface area contributed by atoms with Gasteiger partial charge < -0.3 is 4.74 Å². The molecule has 0 aliphatic carbocycles. The van der Waals surface area contributed by atoms with Crippen LogP contribution in [0, 0.1) is 11.3 Å². The van der Waals surface area contributed by atoms with Crippen LogP contribution in [-0.4, -0.2) is 38.0 Å². The summed E-state index contributed by atoms with van der Waals surface area (Å²) in [6.07, 6.45) is 0.908. The summed E-state index contributed by atoms with van der Waals surface area (Å²) >= 11 is 0. The van der Waals surface area contributed by atoms with Crippen molar-refractivity contribution < 1.29 is 13.2 Å². The molecule has 0 bridgehead atoms. The SMILES string of the molecule is CCC1COC(C)CN1S(=O)(=O)c1ccc(CC#N)cc1. The summed E-state index contributed by atoms with van der Waals surface area (Å²) in [7, 11) is -3.52. The lowest BCUT2D eigenvalue weighted by atomic mass is 10.2. The van der Waals surface area contributed by atoms with E-state index >= 15 is 0 Å². The number of morpholine rings is 1. The van der Waals surface area contributed by atoms with Gasteiger partial charge in [-0.1, -0.05) is 19.1 Å². The van der Waals surface area contributed by atoms with Crippen LogP contribution in [0.5, 0.6) is 0 Å². The molecule has 0 N–H and O–H groups in total. The fourth-order valence-corrected chi connectivity index (χ4v) is 4.19. The van der Waals surface area contributed by atoms with Crippen LogP contribution in [0.25, 0.3) is 0 Å². The van der Waals surface area contributed by atoms with Gasteiger partial charge in [-0.15, -0.1) is 0 Å².